The van der Waals surface area contributed by atoms with Gasteiger partial charge in [0.2, 0.25) is 0 Å². The third-order valence-corrected chi connectivity index (χ3v) is 4.81. The number of imidazole rings is 1. The van der Waals surface area contributed by atoms with Gasteiger partial charge in [0.1, 0.15) is 23.8 Å². The molecular weight excluding hydrogens is 361 g/mol. The summed E-state index contributed by atoms with van der Waals surface area (Å²) in [5, 5.41) is 9.24. The summed E-state index contributed by atoms with van der Waals surface area (Å²) in [6.45, 7) is -0.0284. The summed E-state index contributed by atoms with van der Waals surface area (Å²) >= 11 is 0. The highest BCUT2D eigenvalue weighted by Crippen LogP contribution is 2.37. The molecule has 3 atom stereocenters. The molecule has 1 aromatic carbocycles. The maximum absolute atomic E-state index is 13.6. The quantitative estimate of drug-likeness (QED) is 0.707. The standard InChI is InChI=1S/C17H17F2N4O2P/c18-17(19,26)11-3-1-2-10(6-11)14-15-16(21-8-20-14)23(9-22-15)13-5-4-12(7-24)25-13/h1-3,6,8-9,12-13,24H,4-5,7,26H2. The summed E-state index contributed by atoms with van der Waals surface area (Å²) in [4.78, 5) is 12.9. The Balaban J connectivity index is 1.76. The number of benzene rings is 1. The van der Waals surface area contributed by atoms with E-state index in [9.17, 15) is 13.9 Å². The molecule has 0 bridgehead atoms. The van der Waals surface area contributed by atoms with Crippen LogP contribution in [-0.4, -0.2) is 37.3 Å². The van der Waals surface area contributed by atoms with E-state index in [4.69, 9.17) is 4.74 Å². The molecule has 1 saturated heterocycles. The van der Waals surface area contributed by atoms with Gasteiger partial charge in [-0.2, -0.15) is 8.78 Å². The Morgan fingerprint density at radius 2 is 2.12 bits per heavy atom. The number of aliphatic hydroxyl groups excluding tert-OH is 1. The first-order valence-electron chi connectivity index (χ1n) is 8.19. The molecule has 9 heteroatoms. The van der Waals surface area contributed by atoms with Crippen LogP contribution >= 0.6 is 9.24 Å². The molecule has 3 heterocycles. The molecule has 3 unspecified atom stereocenters. The van der Waals surface area contributed by atoms with Crippen molar-refractivity contribution in [1.82, 2.24) is 19.5 Å². The Kier molecular flexibility index (Phi) is 4.42. The van der Waals surface area contributed by atoms with Crippen molar-refractivity contribution in [1.29, 1.82) is 0 Å². The number of hydrogen-bond donors (Lipinski definition) is 1. The molecule has 0 aliphatic carbocycles. The number of alkyl halides is 2. The van der Waals surface area contributed by atoms with Crippen molar-refractivity contribution < 1.29 is 18.6 Å². The summed E-state index contributed by atoms with van der Waals surface area (Å²) < 4.78 is 34.8. The smallest absolute Gasteiger partial charge is 0.283 e. The lowest BCUT2D eigenvalue weighted by Gasteiger charge is -2.14. The summed E-state index contributed by atoms with van der Waals surface area (Å²) in [7, 11) is 1.54. The molecule has 0 radical (unpaired) electrons. The molecule has 0 amide bonds. The van der Waals surface area contributed by atoms with Crippen LogP contribution in [0.15, 0.2) is 36.9 Å². The lowest BCUT2D eigenvalue weighted by atomic mass is 10.1. The number of halogens is 2. The van der Waals surface area contributed by atoms with Gasteiger partial charge in [0.15, 0.2) is 5.65 Å². The highest BCUT2D eigenvalue weighted by Gasteiger charge is 2.28. The average molecular weight is 378 g/mol. The molecular formula is C17H17F2N4O2P. The van der Waals surface area contributed by atoms with Gasteiger partial charge in [-0.25, -0.2) is 15.0 Å². The summed E-state index contributed by atoms with van der Waals surface area (Å²) in [5.74, 6) is 0. The van der Waals surface area contributed by atoms with Gasteiger partial charge in [-0.15, -0.1) is 0 Å². The predicted octanol–water partition coefficient (Wildman–Crippen LogP) is 3.09. The normalized spacial score (nSPS) is 20.8. The van der Waals surface area contributed by atoms with Crippen molar-refractivity contribution in [3.8, 4) is 11.3 Å². The topological polar surface area (TPSA) is 73.1 Å². The molecule has 136 valence electrons. The van der Waals surface area contributed by atoms with Crippen LogP contribution in [0.4, 0.5) is 8.78 Å². The monoisotopic (exact) mass is 378 g/mol. The predicted molar refractivity (Wildman–Crippen MR) is 94.6 cm³/mol. The Hall–Kier alpha value is -2.02. The van der Waals surface area contributed by atoms with Crippen LogP contribution in [0.1, 0.15) is 24.6 Å². The fourth-order valence-electron chi connectivity index (χ4n) is 3.17. The molecule has 1 aliphatic rings. The van der Waals surface area contributed by atoms with E-state index in [2.05, 4.69) is 15.0 Å². The number of hydrogen-bond acceptors (Lipinski definition) is 5. The minimum atomic E-state index is -3.02. The number of aliphatic hydroxyl groups is 1. The van der Waals surface area contributed by atoms with E-state index in [0.717, 1.165) is 12.8 Å². The zero-order valence-electron chi connectivity index (χ0n) is 13.7. The largest absolute Gasteiger partial charge is 0.394 e. The van der Waals surface area contributed by atoms with Crippen molar-refractivity contribution in [2.75, 3.05) is 6.61 Å². The van der Waals surface area contributed by atoms with E-state index in [0.29, 0.717) is 22.4 Å². The fraction of sp³-hybridized carbons (Fsp3) is 0.353. The molecule has 3 aromatic rings. The molecule has 4 rings (SSSR count). The SMILES string of the molecule is OCC1CCC(n2cnc3c(-c4cccc(C(F)(F)P)c4)ncnc32)O1. The first-order chi connectivity index (χ1) is 12.5. The highest BCUT2D eigenvalue weighted by molar-refractivity contribution is 7.17. The van der Waals surface area contributed by atoms with Gasteiger partial charge < -0.3 is 9.84 Å². The molecule has 26 heavy (non-hydrogen) atoms. The van der Waals surface area contributed by atoms with Crippen molar-refractivity contribution in [3.63, 3.8) is 0 Å². The van der Waals surface area contributed by atoms with Crippen molar-refractivity contribution >= 4 is 20.4 Å². The minimum Gasteiger partial charge on any atom is -0.394 e. The van der Waals surface area contributed by atoms with Crippen LogP contribution in [0.5, 0.6) is 0 Å². The van der Waals surface area contributed by atoms with E-state index in [-0.39, 0.29) is 24.5 Å². The van der Waals surface area contributed by atoms with Crippen LogP contribution < -0.4 is 0 Å². The Morgan fingerprint density at radius 3 is 2.85 bits per heavy atom. The molecule has 0 spiro atoms. The number of ether oxygens (including phenoxy) is 1. The molecule has 1 aliphatic heterocycles. The van der Waals surface area contributed by atoms with Crippen LogP contribution in [0, 0.1) is 0 Å². The zero-order chi connectivity index (χ0) is 18.3. The first-order valence-corrected chi connectivity index (χ1v) is 8.76. The number of fused-ring (bicyclic) bond motifs is 1. The van der Waals surface area contributed by atoms with Gasteiger partial charge in [0.05, 0.1) is 19.0 Å². The zero-order valence-corrected chi connectivity index (χ0v) is 14.9. The Morgan fingerprint density at radius 1 is 1.27 bits per heavy atom. The van der Waals surface area contributed by atoms with Gasteiger partial charge in [-0.3, -0.25) is 4.57 Å². The van der Waals surface area contributed by atoms with Crippen molar-refractivity contribution in [2.24, 2.45) is 0 Å². The van der Waals surface area contributed by atoms with Gasteiger partial charge >= 0.3 is 0 Å². The summed E-state index contributed by atoms with van der Waals surface area (Å²) in [6, 6.07) is 6.06. The maximum Gasteiger partial charge on any atom is 0.283 e. The highest BCUT2D eigenvalue weighted by atomic mass is 31.0. The van der Waals surface area contributed by atoms with E-state index in [1.165, 1.54) is 27.7 Å². The van der Waals surface area contributed by atoms with E-state index < -0.39 is 5.66 Å². The van der Waals surface area contributed by atoms with Crippen LogP contribution in [-0.2, 0) is 10.4 Å². The molecule has 2 aromatic heterocycles. The van der Waals surface area contributed by atoms with E-state index in [1.54, 1.807) is 23.0 Å². The van der Waals surface area contributed by atoms with Crippen LogP contribution in [0.2, 0.25) is 0 Å². The fourth-order valence-corrected chi connectivity index (χ4v) is 3.35. The third-order valence-electron chi connectivity index (χ3n) is 4.48. The second-order valence-corrected chi connectivity index (χ2v) is 6.95. The molecule has 1 fully saturated rings. The first kappa shape index (κ1) is 17.4. The molecule has 0 saturated carbocycles. The molecule has 6 nitrogen and oxygen atoms in total. The summed E-state index contributed by atoms with van der Waals surface area (Å²) in [6.07, 6.45) is 4.04. The van der Waals surface area contributed by atoms with Crippen molar-refractivity contribution in [2.45, 2.75) is 30.8 Å². The van der Waals surface area contributed by atoms with E-state index in [1.807, 2.05) is 0 Å². The van der Waals surface area contributed by atoms with Gasteiger partial charge in [-0.05, 0) is 18.9 Å². The second-order valence-electron chi connectivity index (χ2n) is 6.22. The summed E-state index contributed by atoms with van der Waals surface area (Å²) in [5.41, 5.74) is -1.01. The van der Waals surface area contributed by atoms with Gasteiger partial charge in [0.25, 0.3) is 5.66 Å². The van der Waals surface area contributed by atoms with Gasteiger partial charge in [0, 0.05) is 11.1 Å². The van der Waals surface area contributed by atoms with E-state index >= 15 is 0 Å². The lowest BCUT2D eigenvalue weighted by Crippen LogP contribution is -2.14. The third kappa shape index (κ3) is 3.09. The maximum atomic E-state index is 13.6. The van der Waals surface area contributed by atoms with Crippen LogP contribution in [0.25, 0.3) is 22.4 Å². The molecule has 1 N–H and O–H groups in total. The number of nitrogens with zero attached hydrogens (tertiary/aromatic N) is 4. The Labute approximate surface area is 150 Å². The van der Waals surface area contributed by atoms with Gasteiger partial charge in [-0.1, -0.05) is 27.4 Å². The van der Waals surface area contributed by atoms with Crippen molar-refractivity contribution in [3.05, 3.63) is 42.5 Å². The van der Waals surface area contributed by atoms with Crippen LogP contribution in [0.3, 0.4) is 0 Å². The number of aromatic nitrogens is 4. The second kappa shape index (κ2) is 6.61. The average Bonchev–Trinajstić information content (AvgIpc) is 3.27. The minimum absolute atomic E-state index is 0.0284. The number of rotatable bonds is 4. The Bertz CT molecular complexity index is 944. The lowest BCUT2D eigenvalue weighted by molar-refractivity contribution is -0.0207.